The van der Waals surface area contributed by atoms with Gasteiger partial charge in [-0.15, -0.1) is 0 Å². The van der Waals surface area contributed by atoms with E-state index in [1.807, 2.05) is 0 Å². The van der Waals surface area contributed by atoms with Gasteiger partial charge in [-0.3, -0.25) is 14.4 Å². The molecule has 1 unspecified atom stereocenters. The number of carbonyl (C=O) groups is 3. The number of pyridine rings is 1. The number of methoxy groups -OCH3 is 1. The first-order chi connectivity index (χ1) is 14.6. The van der Waals surface area contributed by atoms with Crippen LogP contribution in [0.25, 0.3) is 11.0 Å². The zero-order valence-corrected chi connectivity index (χ0v) is 17.4. The summed E-state index contributed by atoms with van der Waals surface area (Å²) < 4.78 is 43.2. The fourth-order valence-corrected chi connectivity index (χ4v) is 3.20. The molecule has 0 aromatic carbocycles. The number of ketones is 1. The molecule has 170 valence electrons. The first-order valence-corrected chi connectivity index (χ1v) is 9.86. The summed E-state index contributed by atoms with van der Waals surface area (Å²) in [5, 5.41) is 7.43. The Labute approximate surface area is 177 Å². The molecule has 1 amide bonds. The Bertz CT molecular complexity index is 927. The minimum absolute atomic E-state index is 0.128. The molecule has 0 aliphatic heterocycles. The van der Waals surface area contributed by atoms with Gasteiger partial charge in [0.05, 0.1) is 18.4 Å². The third-order valence-corrected chi connectivity index (χ3v) is 4.75. The lowest BCUT2D eigenvalue weighted by atomic mass is 9.96. The van der Waals surface area contributed by atoms with Gasteiger partial charge in [0.1, 0.15) is 12.2 Å². The van der Waals surface area contributed by atoms with E-state index < -0.39 is 24.5 Å². The van der Waals surface area contributed by atoms with Crippen molar-refractivity contribution in [3.05, 3.63) is 24.0 Å². The lowest BCUT2D eigenvalue weighted by molar-refractivity contribution is -0.152. The number of alkyl halides is 3. The van der Waals surface area contributed by atoms with E-state index in [2.05, 4.69) is 20.1 Å². The van der Waals surface area contributed by atoms with E-state index in [-0.39, 0.29) is 43.3 Å². The third kappa shape index (κ3) is 7.34. The van der Waals surface area contributed by atoms with Crippen LogP contribution in [0.2, 0.25) is 0 Å². The highest BCUT2D eigenvalue weighted by Crippen LogP contribution is 2.26. The van der Waals surface area contributed by atoms with Crippen molar-refractivity contribution >= 4 is 28.7 Å². The molecule has 0 aliphatic rings. The Morgan fingerprint density at radius 1 is 1.23 bits per heavy atom. The van der Waals surface area contributed by atoms with Crippen molar-refractivity contribution < 1.29 is 32.3 Å². The summed E-state index contributed by atoms with van der Waals surface area (Å²) in [4.78, 5) is 39.8. The van der Waals surface area contributed by atoms with Crippen molar-refractivity contribution in [3.63, 3.8) is 0 Å². The maximum absolute atomic E-state index is 12.4. The monoisotopic (exact) mass is 442 g/mol. The second-order valence-electron chi connectivity index (χ2n) is 7.16. The number of fused-ring (bicyclic) bond motifs is 1. The Kier molecular flexibility index (Phi) is 8.52. The smallest absolute Gasteiger partial charge is 0.389 e. The number of nitrogens with one attached hydrogen (secondary N) is 1. The van der Waals surface area contributed by atoms with Crippen LogP contribution < -0.4 is 5.32 Å². The van der Waals surface area contributed by atoms with E-state index in [0.29, 0.717) is 23.9 Å². The minimum atomic E-state index is -4.33. The van der Waals surface area contributed by atoms with Crippen LogP contribution in [0.3, 0.4) is 0 Å². The average molecular weight is 442 g/mol. The Morgan fingerprint density at radius 3 is 2.61 bits per heavy atom. The van der Waals surface area contributed by atoms with Gasteiger partial charge >= 0.3 is 12.1 Å². The molecule has 2 rings (SSSR count). The number of halogens is 3. The molecule has 0 radical (unpaired) electrons. The number of aromatic nitrogens is 3. The summed E-state index contributed by atoms with van der Waals surface area (Å²) in [5.41, 5.74) is 0.664. The van der Waals surface area contributed by atoms with Crippen molar-refractivity contribution in [3.8, 4) is 0 Å². The molecule has 31 heavy (non-hydrogen) atoms. The van der Waals surface area contributed by atoms with Gasteiger partial charge in [0, 0.05) is 26.1 Å². The summed E-state index contributed by atoms with van der Waals surface area (Å²) >= 11 is 0. The number of hydrogen-bond acceptors (Lipinski definition) is 6. The third-order valence-electron chi connectivity index (χ3n) is 4.75. The molecule has 1 atom stereocenters. The lowest BCUT2D eigenvalue weighted by Gasteiger charge is -2.15. The zero-order chi connectivity index (χ0) is 23.0. The second kappa shape index (κ2) is 10.9. The molecule has 11 heteroatoms. The van der Waals surface area contributed by atoms with Crippen molar-refractivity contribution in [2.24, 2.45) is 5.92 Å². The Hall–Kier alpha value is -2.98. The Balaban J connectivity index is 1.81. The predicted molar refractivity (Wildman–Crippen MR) is 105 cm³/mol. The van der Waals surface area contributed by atoms with Crippen LogP contribution in [-0.2, 0) is 20.9 Å². The number of Topliss-reactive ketones (excluding diaryl/α,β-unsaturated/α-hetero) is 1. The molecule has 0 bridgehead atoms. The largest absolute Gasteiger partial charge is 0.469 e. The topological polar surface area (TPSA) is 103 Å². The molecule has 0 aliphatic carbocycles. The van der Waals surface area contributed by atoms with E-state index in [4.69, 9.17) is 0 Å². The van der Waals surface area contributed by atoms with Gasteiger partial charge in [-0.1, -0.05) is 6.42 Å². The van der Waals surface area contributed by atoms with E-state index in [1.165, 1.54) is 11.6 Å². The molecular formula is C20H25F3N4O4. The molecular weight excluding hydrogens is 417 g/mol. The Morgan fingerprint density at radius 2 is 1.97 bits per heavy atom. The SMILES string of the molecule is COC(=O)C(CCCCNC(=O)Cn1nc(C(C)=O)c2cccnc21)CCC(F)(F)F. The summed E-state index contributed by atoms with van der Waals surface area (Å²) in [5.74, 6) is -2.06. The first kappa shape index (κ1) is 24.3. The number of nitrogens with zero attached hydrogens (tertiary/aromatic N) is 3. The second-order valence-corrected chi connectivity index (χ2v) is 7.16. The van der Waals surface area contributed by atoms with Gasteiger partial charge < -0.3 is 10.1 Å². The van der Waals surface area contributed by atoms with Crippen LogP contribution in [0.5, 0.6) is 0 Å². The summed E-state index contributed by atoms with van der Waals surface area (Å²) in [6.45, 7) is 1.55. The van der Waals surface area contributed by atoms with E-state index in [0.717, 1.165) is 7.11 Å². The van der Waals surface area contributed by atoms with Crippen LogP contribution >= 0.6 is 0 Å². The van der Waals surface area contributed by atoms with Gasteiger partial charge in [0.15, 0.2) is 11.4 Å². The van der Waals surface area contributed by atoms with E-state index in [9.17, 15) is 27.6 Å². The molecule has 2 heterocycles. The number of carbonyl (C=O) groups excluding carboxylic acids is 3. The van der Waals surface area contributed by atoms with Crippen LogP contribution in [0.1, 0.15) is 49.5 Å². The van der Waals surface area contributed by atoms with Crippen LogP contribution in [0, 0.1) is 5.92 Å². The number of unbranched alkanes of at least 4 members (excludes halogenated alkanes) is 1. The molecule has 2 aromatic heterocycles. The van der Waals surface area contributed by atoms with Crippen LogP contribution in [-0.4, -0.2) is 52.3 Å². The quantitative estimate of drug-likeness (QED) is 0.326. The number of esters is 1. The van der Waals surface area contributed by atoms with Gasteiger partial charge in [-0.2, -0.15) is 18.3 Å². The van der Waals surface area contributed by atoms with E-state index in [1.54, 1.807) is 18.3 Å². The number of amides is 1. The summed E-state index contributed by atoms with van der Waals surface area (Å²) in [6, 6.07) is 3.38. The highest BCUT2D eigenvalue weighted by atomic mass is 19.4. The van der Waals surface area contributed by atoms with Crippen molar-refractivity contribution in [1.29, 1.82) is 0 Å². The molecule has 2 aromatic rings. The van der Waals surface area contributed by atoms with Crippen molar-refractivity contribution in [1.82, 2.24) is 20.1 Å². The molecule has 0 spiro atoms. The first-order valence-electron chi connectivity index (χ1n) is 9.86. The maximum atomic E-state index is 12.4. The zero-order valence-electron chi connectivity index (χ0n) is 17.4. The van der Waals surface area contributed by atoms with Gasteiger partial charge in [-0.25, -0.2) is 9.67 Å². The summed E-state index contributed by atoms with van der Waals surface area (Å²) in [6.07, 6.45) is -2.96. The number of ether oxygens (including phenoxy) is 1. The maximum Gasteiger partial charge on any atom is 0.389 e. The fraction of sp³-hybridized carbons (Fsp3) is 0.550. The molecule has 0 saturated heterocycles. The van der Waals surface area contributed by atoms with Crippen LogP contribution in [0.15, 0.2) is 18.3 Å². The highest BCUT2D eigenvalue weighted by Gasteiger charge is 2.30. The standard InChI is InChI=1S/C20H25F3N4O4/c1-13(28)17-15-7-5-11-25-18(15)27(26-17)12-16(29)24-10-4-3-6-14(19(30)31-2)8-9-20(21,22)23/h5,7,11,14H,3-4,6,8-10,12H2,1-2H3,(H,24,29). The van der Waals surface area contributed by atoms with Crippen LogP contribution in [0.4, 0.5) is 13.2 Å². The number of hydrogen-bond donors (Lipinski definition) is 1. The molecule has 8 nitrogen and oxygen atoms in total. The molecule has 1 N–H and O–H groups in total. The minimum Gasteiger partial charge on any atom is -0.469 e. The van der Waals surface area contributed by atoms with Crippen molar-refractivity contribution in [2.75, 3.05) is 13.7 Å². The van der Waals surface area contributed by atoms with E-state index >= 15 is 0 Å². The fourth-order valence-electron chi connectivity index (χ4n) is 3.20. The van der Waals surface area contributed by atoms with Gasteiger partial charge in [0.2, 0.25) is 5.91 Å². The molecule has 0 saturated carbocycles. The van der Waals surface area contributed by atoms with Gasteiger partial charge in [-0.05, 0) is 31.4 Å². The van der Waals surface area contributed by atoms with Gasteiger partial charge in [0.25, 0.3) is 0 Å². The normalized spacial score (nSPS) is 12.5. The average Bonchev–Trinajstić information content (AvgIpc) is 3.07. The number of rotatable bonds is 11. The lowest BCUT2D eigenvalue weighted by Crippen LogP contribution is -2.29. The highest BCUT2D eigenvalue weighted by molar-refractivity contribution is 6.04. The molecule has 0 fully saturated rings. The van der Waals surface area contributed by atoms with Crippen molar-refractivity contribution in [2.45, 2.75) is 51.7 Å². The summed E-state index contributed by atoms with van der Waals surface area (Å²) in [7, 11) is 1.15. The predicted octanol–water partition coefficient (Wildman–Crippen LogP) is 3.05.